The Morgan fingerprint density at radius 2 is 1.76 bits per heavy atom. The van der Waals surface area contributed by atoms with Crippen molar-refractivity contribution >= 4 is 11.8 Å². The van der Waals surface area contributed by atoms with Gasteiger partial charge in [0.15, 0.2) is 6.61 Å². The van der Waals surface area contributed by atoms with Gasteiger partial charge >= 0.3 is 0 Å². The molecule has 1 aromatic carbocycles. The molecule has 0 unspecified atom stereocenters. The van der Waals surface area contributed by atoms with Crippen LogP contribution >= 0.6 is 0 Å². The van der Waals surface area contributed by atoms with E-state index in [1.807, 2.05) is 23.1 Å². The molecule has 1 N–H and O–H groups in total. The Hall–Kier alpha value is -2.08. The van der Waals surface area contributed by atoms with Gasteiger partial charge in [0, 0.05) is 26.2 Å². The number of carbonyl (C=O) groups excluding carboxylic acids is 2. The monoisotopic (exact) mass is 347 g/mol. The van der Waals surface area contributed by atoms with Gasteiger partial charge in [-0.2, -0.15) is 0 Å². The van der Waals surface area contributed by atoms with Crippen molar-refractivity contribution in [2.75, 3.05) is 39.8 Å². The number of para-hydroxylation sites is 1. The van der Waals surface area contributed by atoms with E-state index < -0.39 is 6.04 Å². The van der Waals surface area contributed by atoms with E-state index in [2.05, 4.69) is 31.1 Å². The Morgan fingerprint density at radius 3 is 2.36 bits per heavy atom. The summed E-state index contributed by atoms with van der Waals surface area (Å²) in [6, 6.07) is 8.70. The number of ether oxygens (including phenoxy) is 1. The van der Waals surface area contributed by atoms with Crippen LogP contribution in [0.2, 0.25) is 0 Å². The lowest BCUT2D eigenvalue weighted by atomic mass is 10.0. The quantitative estimate of drug-likeness (QED) is 0.809. The molecule has 1 aliphatic heterocycles. The van der Waals surface area contributed by atoms with E-state index in [0.29, 0.717) is 31.2 Å². The number of hydrogen-bond acceptors (Lipinski definition) is 4. The number of rotatable bonds is 7. The van der Waals surface area contributed by atoms with Crippen LogP contribution in [0.25, 0.3) is 0 Å². The summed E-state index contributed by atoms with van der Waals surface area (Å²) in [5, 5.41) is 2.86. The summed E-state index contributed by atoms with van der Waals surface area (Å²) < 4.78 is 5.47. The molecule has 6 nitrogen and oxygen atoms in total. The first-order valence-electron chi connectivity index (χ1n) is 8.90. The van der Waals surface area contributed by atoms with Crippen molar-refractivity contribution in [1.82, 2.24) is 15.1 Å². The standard InChI is InChI=1S/C19H29N3O3/c1-15(2)13-17(19(24)22-11-9-21(3)10-12-22)20-18(23)14-25-16-7-5-4-6-8-16/h4-8,15,17H,9-14H2,1-3H3,(H,20,23)/t17-/m0/s1. The number of benzene rings is 1. The lowest BCUT2D eigenvalue weighted by molar-refractivity contribution is -0.138. The maximum Gasteiger partial charge on any atom is 0.258 e. The second kappa shape index (κ2) is 9.42. The van der Waals surface area contributed by atoms with Gasteiger partial charge in [-0.3, -0.25) is 9.59 Å². The lowest BCUT2D eigenvalue weighted by Gasteiger charge is -2.35. The van der Waals surface area contributed by atoms with Crippen LogP contribution < -0.4 is 10.1 Å². The van der Waals surface area contributed by atoms with E-state index in [9.17, 15) is 9.59 Å². The zero-order valence-corrected chi connectivity index (χ0v) is 15.4. The van der Waals surface area contributed by atoms with E-state index in [-0.39, 0.29) is 18.4 Å². The summed E-state index contributed by atoms with van der Waals surface area (Å²) in [6.45, 7) is 7.17. The van der Waals surface area contributed by atoms with Gasteiger partial charge in [0.05, 0.1) is 0 Å². The van der Waals surface area contributed by atoms with E-state index in [1.165, 1.54) is 0 Å². The van der Waals surface area contributed by atoms with Crippen LogP contribution in [0.5, 0.6) is 5.75 Å². The normalized spacial score (nSPS) is 16.6. The SMILES string of the molecule is CC(C)C[C@H](NC(=O)COc1ccccc1)C(=O)N1CCN(C)CC1. The van der Waals surface area contributed by atoms with Crippen LogP contribution in [0.4, 0.5) is 0 Å². The fourth-order valence-electron chi connectivity index (χ4n) is 2.84. The average molecular weight is 347 g/mol. The van der Waals surface area contributed by atoms with E-state index in [4.69, 9.17) is 4.74 Å². The largest absolute Gasteiger partial charge is 0.484 e. The van der Waals surface area contributed by atoms with Crippen molar-refractivity contribution in [3.63, 3.8) is 0 Å². The van der Waals surface area contributed by atoms with Crippen LogP contribution in [0.3, 0.4) is 0 Å². The molecule has 1 aliphatic rings. The minimum atomic E-state index is -0.490. The highest BCUT2D eigenvalue weighted by atomic mass is 16.5. The summed E-state index contributed by atoms with van der Waals surface area (Å²) in [5.41, 5.74) is 0. The van der Waals surface area contributed by atoms with Gasteiger partial charge in [0.1, 0.15) is 11.8 Å². The maximum absolute atomic E-state index is 12.8. The van der Waals surface area contributed by atoms with Gasteiger partial charge < -0.3 is 19.9 Å². The van der Waals surface area contributed by atoms with Crippen LogP contribution in [0.1, 0.15) is 20.3 Å². The highest BCUT2D eigenvalue weighted by molar-refractivity contribution is 5.88. The fraction of sp³-hybridized carbons (Fsp3) is 0.579. The Balaban J connectivity index is 1.89. The minimum Gasteiger partial charge on any atom is -0.484 e. The second-order valence-corrected chi connectivity index (χ2v) is 6.98. The number of likely N-dealkylation sites (N-methyl/N-ethyl adjacent to an activating group) is 1. The summed E-state index contributed by atoms with van der Waals surface area (Å²) >= 11 is 0. The summed E-state index contributed by atoms with van der Waals surface area (Å²) in [7, 11) is 2.05. The van der Waals surface area contributed by atoms with E-state index >= 15 is 0 Å². The summed E-state index contributed by atoms with van der Waals surface area (Å²) in [6.07, 6.45) is 0.627. The van der Waals surface area contributed by atoms with Crippen LogP contribution in [-0.4, -0.2) is 67.5 Å². The van der Waals surface area contributed by atoms with Gasteiger partial charge in [-0.05, 0) is 31.5 Å². The predicted octanol–water partition coefficient (Wildman–Crippen LogP) is 1.37. The molecule has 0 aromatic heterocycles. The first kappa shape index (κ1) is 19.2. The molecule has 138 valence electrons. The average Bonchev–Trinajstić information content (AvgIpc) is 2.60. The number of hydrogen-bond donors (Lipinski definition) is 1. The topological polar surface area (TPSA) is 61.9 Å². The highest BCUT2D eigenvalue weighted by Crippen LogP contribution is 2.11. The van der Waals surface area contributed by atoms with E-state index in [1.54, 1.807) is 12.1 Å². The molecular weight excluding hydrogens is 318 g/mol. The number of amides is 2. The van der Waals surface area contributed by atoms with Crippen LogP contribution in [0.15, 0.2) is 30.3 Å². The fourth-order valence-corrected chi connectivity index (χ4v) is 2.84. The number of piperazine rings is 1. The molecular formula is C19H29N3O3. The first-order valence-corrected chi connectivity index (χ1v) is 8.90. The van der Waals surface area contributed by atoms with Gasteiger partial charge in [-0.25, -0.2) is 0 Å². The van der Waals surface area contributed by atoms with Gasteiger partial charge in [-0.15, -0.1) is 0 Å². The zero-order valence-electron chi connectivity index (χ0n) is 15.4. The van der Waals surface area contributed by atoms with Crippen molar-refractivity contribution in [1.29, 1.82) is 0 Å². The number of carbonyl (C=O) groups is 2. The number of nitrogens with one attached hydrogen (secondary N) is 1. The third kappa shape index (κ3) is 6.38. The van der Waals surface area contributed by atoms with Crippen LogP contribution in [0, 0.1) is 5.92 Å². The molecule has 1 fully saturated rings. The zero-order chi connectivity index (χ0) is 18.2. The van der Waals surface area contributed by atoms with Gasteiger partial charge in [0.25, 0.3) is 5.91 Å². The Bertz CT molecular complexity index is 554. The molecule has 0 aliphatic carbocycles. The van der Waals surface area contributed by atoms with Crippen molar-refractivity contribution in [2.45, 2.75) is 26.3 Å². The molecule has 0 radical (unpaired) electrons. The van der Waals surface area contributed by atoms with Gasteiger partial charge in [0.2, 0.25) is 5.91 Å². The molecule has 25 heavy (non-hydrogen) atoms. The smallest absolute Gasteiger partial charge is 0.258 e. The maximum atomic E-state index is 12.8. The molecule has 0 saturated carbocycles. The number of nitrogens with zero attached hydrogens (tertiary/aromatic N) is 2. The summed E-state index contributed by atoms with van der Waals surface area (Å²) in [5.74, 6) is 0.701. The van der Waals surface area contributed by atoms with Crippen molar-refractivity contribution in [2.24, 2.45) is 5.92 Å². The molecule has 0 spiro atoms. The lowest BCUT2D eigenvalue weighted by Crippen LogP contribution is -2.55. The third-order valence-corrected chi connectivity index (χ3v) is 4.27. The Labute approximate surface area is 150 Å². The Morgan fingerprint density at radius 1 is 1.12 bits per heavy atom. The van der Waals surface area contributed by atoms with Gasteiger partial charge in [-0.1, -0.05) is 32.0 Å². The molecule has 2 amide bonds. The molecule has 6 heteroatoms. The van der Waals surface area contributed by atoms with Crippen LogP contribution in [-0.2, 0) is 9.59 Å². The van der Waals surface area contributed by atoms with E-state index in [0.717, 1.165) is 13.1 Å². The highest BCUT2D eigenvalue weighted by Gasteiger charge is 2.28. The molecule has 1 aromatic rings. The molecule has 1 saturated heterocycles. The molecule has 1 atom stereocenters. The van der Waals surface area contributed by atoms with Crippen molar-refractivity contribution in [3.05, 3.63) is 30.3 Å². The molecule has 1 heterocycles. The van der Waals surface area contributed by atoms with Crippen molar-refractivity contribution < 1.29 is 14.3 Å². The van der Waals surface area contributed by atoms with Crippen molar-refractivity contribution in [3.8, 4) is 5.75 Å². The molecule has 0 bridgehead atoms. The first-order chi connectivity index (χ1) is 12.0. The second-order valence-electron chi connectivity index (χ2n) is 6.98. The predicted molar refractivity (Wildman–Crippen MR) is 97.4 cm³/mol. The molecule has 2 rings (SSSR count). The summed E-state index contributed by atoms with van der Waals surface area (Å²) in [4.78, 5) is 29.1. The Kier molecular flexibility index (Phi) is 7.25. The third-order valence-electron chi connectivity index (χ3n) is 4.27. The minimum absolute atomic E-state index is 0.00913.